The molecule has 2 aliphatic heterocycles. The highest BCUT2D eigenvalue weighted by atomic mass is 32.2. The topological polar surface area (TPSA) is 174 Å². The molecule has 0 amide bonds. The van der Waals surface area contributed by atoms with Crippen molar-refractivity contribution in [1.29, 1.82) is 5.26 Å². The number of nitrogens with zero attached hydrogens (tertiary/aromatic N) is 7. The van der Waals surface area contributed by atoms with Gasteiger partial charge >= 0.3 is 0 Å². The molecule has 3 aromatic carbocycles. The molecule has 3 aromatic heterocycles. The van der Waals surface area contributed by atoms with Crippen molar-refractivity contribution in [3.05, 3.63) is 132 Å². The minimum atomic E-state index is -1.67. The first-order chi connectivity index (χ1) is 34.1. The molecule has 0 saturated carbocycles. The summed E-state index contributed by atoms with van der Waals surface area (Å²) >= 11 is 3.98. The lowest BCUT2D eigenvalue weighted by atomic mass is 9.80. The molecule has 6 aromatic rings. The first-order valence-corrected chi connectivity index (χ1v) is 26.9. The van der Waals surface area contributed by atoms with Gasteiger partial charge in [-0.15, -0.1) is 23.5 Å². The normalized spacial score (nSPS) is 18.6. The molecule has 15 nitrogen and oxygen atoms in total. The Bertz CT molecular complexity index is 2560. The number of ether oxygens (including phenoxy) is 5. The third-order valence-electron chi connectivity index (χ3n) is 12.4. The number of thioether (sulfide) groups is 2. The Balaban J connectivity index is 1.12. The maximum absolute atomic E-state index is 9.51. The SMILES string of the molecule is COc1ccc(C(OC[C@H]2O[C@@H](n3cnc4c(OCCCC5(c6cccnc6)SCCCS5)nc(N)nc43)C[C@@H]2OP(OCCC#N)N(C(C)C)C(C)C)(c2ccccc2)c2ccc(OC)cc2)cc1. The first kappa shape index (κ1) is 51.3. The van der Waals surface area contributed by atoms with E-state index in [9.17, 15) is 5.26 Å². The average molecular weight is 1010 g/mol. The van der Waals surface area contributed by atoms with E-state index in [1.807, 2.05) is 113 Å². The van der Waals surface area contributed by atoms with Crippen LogP contribution in [0, 0.1) is 11.3 Å². The predicted molar refractivity (Wildman–Crippen MR) is 277 cm³/mol. The summed E-state index contributed by atoms with van der Waals surface area (Å²) in [5, 5.41) is 9.51. The van der Waals surface area contributed by atoms with Crippen molar-refractivity contribution in [2.24, 2.45) is 0 Å². The summed E-state index contributed by atoms with van der Waals surface area (Å²) in [6.07, 6.45) is 7.21. The van der Waals surface area contributed by atoms with Gasteiger partial charge in [-0.05, 0) is 111 Å². The molecular weight excluding hydrogens is 944 g/mol. The number of hydrogen-bond donors (Lipinski definition) is 1. The van der Waals surface area contributed by atoms with Crippen molar-refractivity contribution in [2.45, 2.75) is 100.0 Å². The van der Waals surface area contributed by atoms with E-state index >= 15 is 0 Å². The number of nitriles is 1. The van der Waals surface area contributed by atoms with E-state index in [4.69, 9.17) is 48.4 Å². The smallest absolute Gasteiger partial charge is 0.259 e. The van der Waals surface area contributed by atoms with Gasteiger partial charge < -0.3 is 38.5 Å². The fourth-order valence-electron chi connectivity index (χ4n) is 9.13. The fraction of sp³-hybridized carbons (Fsp3) is 0.442. The lowest BCUT2D eigenvalue weighted by molar-refractivity contribution is -0.0912. The highest BCUT2D eigenvalue weighted by Crippen LogP contribution is 2.54. The second-order valence-corrected chi connectivity index (χ2v) is 22.0. The summed E-state index contributed by atoms with van der Waals surface area (Å²) in [5.74, 6) is 4.03. The number of fused-ring (bicyclic) bond motifs is 1. The Labute approximate surface area is 421 Å². The van der Waals surface area contributed by atoms with Crippen LogP contribution in [0.15, 0.2) is 110 Å². The third kappa shape index (κ3) is 11.5. The molecule has 2 N–H and O–H groups in total. The van der Waals surface area contributed by atoms with Crippen LogP contribution in [0.4, 0.5) is 5.95 Å². The largest absolute Gasteiger partial charge is 0.497 e. The van der Waals surface area contributed by atoms with Crippen LogP contribution in [0.3, 0.4) is 0 Å². The zero-order valence-electron chi connectivity index (χ0n) is 40.7. The molecule has 1 unspecified atom stereocenters. The molecule has 0 aliphatic carbocycles. The summed E-state index contributed by atoms with van der Waals surface area (Å²) in [7, 11) is 1.64. The van der Waals surface area contributed by atoms with Gasteiger partial charge in [0, 0.05) is 30.9 Å². The molecule has 0 bridgehead atoms. The Kier molecular flexibility index (Phi) is 17.6. The van der Waals surface area contributed by atoms with Gasteiger partial charge in [0.05, 0.1) is 63.0 Å². The fourth-order valence-corrected chi connectivity index (χ4v) is 14.3. The van der Waals surface area contributed by atoms with Crippen LogP contribution in [0.5, 0.6) is 17.4 Å². The summed E-state index contributed by atoms with van der Waals surface area (Å²) in [6.45, 7) is 9.20. The standard InChI is InChI=1S/C52H63N8O7PS2/c1-36(2)60(37(3)4)68(65-29-12-26-53)67-44-32-46(59-35-56-47-48(59)57-50(54)58-49(47)63-28-11-25-51(69-30-13-31-70-51)41-16-10-27-55-33-41)66-45(44)34-64-52(38-14-8-7-9-15-38,39-17-21-42(61-5)22-18-39)40-19-23-43(62-6)24-20-40/h7-10,14-24,27,33,35-37,44-46H,11-13,25,28-32,34H2,1-6H3,(H2,54,57,58)/t44-,45+,46+,68?/m0/s1. The number of aromatic nitrogens is 5. The quantitative estimate of drug-likeness (QED) is 0.0364. The minimum absolute atomic E-state index is 0.0608. The maximum atomic E-state index is 9.51. The Hall–Kier alpha value is -5.02. The summed E-state index contributed by atoms with van der Waals surface area (Å²) in [6, 6.07) is 32.6. The first-order valence-electron chi connectivity index (χ1n) is 23.8. The number of imidazole rings is 1. The second-order valence-electron chi connectivity index (χ2n) is 17.6. The van der Waals surface area contributed by atoms with Gasteiger partial charge in [-0.3, -0.25) is 9.55 Å². The molecule has 0 spiro atoms. The molecule has 2 saturated heterocycles. The van der Waals surface area contributed by atoms with E-state index in [0.717, 1.165) is 52.5 Å². The Morgan fingerprint density at radius 2 is 1.57 bits per heavy atom. The van der Waals surface area contributed by atoms with Crippen LogP contribution in [-0.4, -0.2) is 99.0 Å². The van der Waals surface area contributed by atoms with Gasteiger partial charge in [0.15, 0.2) is 11.2 Å². The van der Waals surface area contributed by atoms with Crippen LogP contribution in [0.1, 0.15) is 88.3 Å². The van der Waals surface area contributed by atoms with Gasteiger partial charge in [-0.2, -0.15) is 15.2 Å². The molecule has 5 heterocycles. The van der Waals surface area contributed by atoms with E-state index in [0.29, 0.717) is 30.1 Å². The number of nitrogen functional groups attached to an aromatic ring is 1. The van der Waals surface area contributed by atoms with Crippen LogP contribution in [-0.2, 0) is 28.2 Å². The molecular formula is C52H63N8O7PS2. The molecule has 70 heavy (non-hydrogen) atoms. The van der Waals surface area contributed by atoms with E-state index in [-0.39, 0.29) is 41.7 Å². The van der Waals surface area contributed by atoms with Crippen molar-refractivity contribution >= 4 is 49.2 Å². The number of nitrogens with two attached hydrogens (primary N) is 1. The van der Waals surface area contributed by atoms with Crippen molar-refractivity contribution in [1.82, 2.24) is 29.2 Å². The van der Waals surface area contributed by atoms with Crippen LogP contribution >= 0.6 is 32.0 Å². The van der Waals surface area contributed by atoms with Crippen molar-refractivity contribution < 1.29 is 32.7 Å². The monoisotopic (exact) mass is 1010 g/mol. The number of rotatable bonds is 23. The second kappa shape index (κ2) is 23.9. The Morgan fingerprint density at radius 1 is 0.900 bits per heavy atom. The van der Waals surface area contributed by atoms with E-state index in [1.165, 1.54) is 12.0 Å². The number of methoxy groups -OCH3 is 2. The number of benzene rings is 3. The van der Waals surface area contributed by atoms with Crippen molar-refractivity contribution in [3.8, 4) is 23.4 Å². The van der Waals surface area contributed by atoms with Gasteiger partial charge in [0.2, 0.25) is 11.8 Å². The maximum Gasteiger partial charge on any atom is 0.259 e. The average Bonchev–Trinajstić information content (AvgIpc) is 4.00. The zero-order valence-corrected chi connectivity index (χ0v) is 43.2. The van der Waals surface area contributed by atoms with E-state index in [1.54, 1.807) is 20.5 Å². The van der Waals surface area contributed by atoms with Gasteiger partial charge in [0.25, 0.3) is 8.53 Å². The number of hydrogen-bond acceptors (Lipinski definition) is 16. The molecule has 2 aliphatic rings. The number of pyridine rings is 1. The van der Waals surface area contributed by atoms with Crippen molar-refractivity contribution in [3.63, 3.8) is 0 Å². The van der Waals surface area contributed by atoms with Gasteiger partial charge in [-0.1, -0.05) is 60.7 Å². The van der Waals surface area contributed by atoms with Crippen molar-refractivity contribution in [2.75, 3.05) is 51.3 Å². The minimum Gasteiger partial charge on any atom is -0.497 e. The highest BCUT2D eigenvalue weighted by Gasteiger charge is 2.45. The lowest BCUT2D eigenvalue weighted by Crippen LogP contribution is -2.39. The Morgan fingerprint density at radius 3 is 2.19 bits per heavy atom. The molecule has 0 radical (unpaired) electrons. The number of anilines is 1. The lowest BCUT2D eigenvalue weighted by Gasteiger charge is -2.39. The third-order valence-corrected chi connectivity index (χ3v) is 18.0. The van der Waals surface area contributed by atoms with Gasteiger partial charge in [0.1, 0.15) is 29.4 Å². The summed E-state index contributed by atoms with van der Waals surface area (Å²) in [5.41, 5.74) is 10.2. The van der Waals surface area contributed by atoms with Crippen LogP contribution < -0.4 is 19.9 Å². The van der Waals surface area contributed by atoms with E-state index in [2.05, 4.69) is 66.6 Å². The van der Waals surface area contributed by atoms with Crippen LogP contribution in [0.2, 0.25) is 0 Å². The molecule has 18 heteroatoms. The highest BCUT2D eigenvalue weighted by molar-refractivity contribution is 8.18. The summed E-state index contributed by atoms with van der Waals surface area (Å²) in [4.78, 5) is 18.5. The molecule has 8 rings (SSSR count). The zero-order chi connectivity index (χ0) is 49.1. The summed E-state index contributed by atoms with van der Waals surface area (Å²) < 4.78 is 49.8. The van der Waals surface area contributed by atoms with Gasteiger partial charge in [-0.25, -0.2) is 9.65 Å². The van der Waals surface area contributed by atoms with E-state index < -0.39 is 32.6 Å². The molecule has 370 valence electrons. The molecule has 4 atom stereocenters. The predicted octanol–water partition coefficient (Wildman–Crippen LogP) is 10.7. The molecule has 2 fully saturated rings. The van der Waals surface area contributed by atoms with Crippen LogP contribution in [0.25, 0.3) is 11.2 Å².